The number of thiophene rings is 2. The van der Waals surface area contributed by atoms with Crippen molar-refractivity contribution in [1.82, 2.24) is 0 Å². The maximum atomic E-state index is 6.27. The monoisotopic (exact) mass is 1050 g/mol. The van der Waals surface area contributed by atoms with Crippen LogP contribution < -0.4 is 14.2 Å². The Labute approximate surface area is 461 Å². The predicted octanol–water partition coefficient (Wildman–Crippen LogP) is 8.24. The quantitative estimate of drug-likeness (QED) is 0.116. The topological polar surface area (TPSA) is 27.7 Å². The number of hydrogen-bond donors (Lipinski definition) is 0. The van der Waals surface area contributed by atoms with Crippen LogP contribution in [0.5, 0.6) is 17.2 Å². The summed E-state index contributed by atoms with van der Waals surface area (Å²) in [6.45, 7) is 0.163. The van der Waals surface area contributed by atoms with Gasteiger partial charge in [0.2, 0.25) is 0 Å². The van der Waals surface area contributed by atoms with Gasteiger partial charge in [0.05, 0.1) is 0 Å². The van der Waals surface area contributed by atoms with Crippen LogP contribution in [-0.2, 0) is 10.9 Å². The number of rotatable bonds is 8. The van der Waals surface area contributed by atoms with Crippen LogP contribution in [0, 0.1) is 262 Å². The highest BCUT2D eigenvalue weighted by Crippen LogP contribution is 2.49. The van der Waals surface area contributed by atoms with Crippen LogP contribution in [-0.4, -0.2) is 0 Å². The van der Waals surface area contributed by atoms with Crippen LogP contribution in [0.1, 0.15) is 20.9 Å². The van der Waals surface area contributed by atoms with Crippen molar-refractivity contribution in [2.24, 2.45) is 0 Å². The Morgan fingerprint density at radius 3 is 1.07 bits per heavy atom. The van der Waals surface area contributed by atoms with E-state index in [2.05, 4.69) is 318 Å². The summed E-state index contributed by atoms with van der Waals surface area (Å²) in [6.07, 6.45) is 15.1. The highest BCUT2D eigenvalue weighted by Gasteiger charge is 2.35. The summed E-state index contributed by atoms with van der Waals surface area (Å²) in [5, 5.41) is 6.26. The van der Waals surface area contributed by atoms with Gasteiger partial charge in [-0.15, -0.1) is 35.5 Å². The van der Waals surface area contributed by atoms with Gasteiger partial charge in [0.15, 0.2) is 0 Å². The number of halogens is 1. The summed E-state index contributed by atoms with van der Waals surface area (Å²) in [5.41, 5.74) is 1.83. The first-order valence-corrected chi connectivity index (χ1v) is 23.5. The third-order valence-electron chi connectivity index (χ3n) is 8.11. The third-order valence-corrected chi connectivity index (χ3v) is 11.9. The molecule has 2 aromatic heterocycles. The Bertz CT molecular complexity index is 4330. The molecule has 0 spiro atoms. The summed E-state index contributed by atoms with van der Waals surface area (Å²) in [6, 6.07) is 26.0. The zero-order valence-electron chi connectivity index (χ0n) is 38.9. The lowest BCUT2D eigenvalue weighted by Gasteiger charge is -2.26. The average Bonchev–Trinajstić information content (AvgIpc) is 4.21. The van der Waals surface area contributed by atoms with Gasteiger partial charge in [-0.25, -0.2) is 0 Å². The van der Waals surface area contributed by atoms with Gasteiger partial charge >= 0.3 is 0 Å². The van der Waals surface area contributed by atoms with E-state index < -0.39 is 4.32 Å². The lowest BCUT2D eigenvalue weighted by Crippen LogP contribution is -2.18. The molecule has 3 aromatic carbocycles. The summed E-state index contributed by atoms with van der Waals surface area (Å²) in [4.78, 5) is 2.40. The Morgan fingerprint density at radius 2 is 0.711 bits per heavy atom. The molecular weight excluding hydrogens is 1030 g/mol. The van der Waals surface area contributed by atoms with Crippen molar-refractivity contribution in [1.29, 1.82) is 0 Å². The lowest BCUT2D eigenvalue weighted by molar-refractivity contribution is 0.305. The van der Waals surface area contributed by atoms with Crippen LogP contribution in [0.15, 0.2) is 89.6 Å². The second-order valence-electron chi connectivity index (χ2n) is 12.9. The molecule has 0 aliphatic carbocycles. The molecule has 0 fully saturated rings. The zero-order chi connectivity index (χ0) is 53.2. The largest absolute Gasteiger partial charge is 0.489 e. The van der Waals surface area contributed by atoms with Crippen molar-refractivity contribution in [3.05, 3.63) is 111 Å². The molecule has 3 nitrogen and oxygen atoms in total. The van der Waals surface area contributed by atoms with Crippen molar-refractivity contribution < 1.29 is 14.2 Å². The Balaban J connectivity index is 1.24. The van der Waals surface area contributed by atoms with E-state index in [0.29, 0.717) is 22.8 Å². The first kappa shape index (κ1) is 54.5. The van der Waals surface area contributed by atoms with E-state index in [1.807, 2.05) is 18.2 Å². The van der Waals surface area contributed by atoms with Gasteiger partial charge in [-0.3, -0.25) is 0 Å². The number of hydrogen-bond acceptors (Lipinski definition) is 5. The lowest BCUT2D eigenvalue weighted by atomic mass is 9.93. The SMILES string of the molecule is C#CC#CC#CC#CC#CC#CC#CC#CC#CC#CC#COc1cc(COc2ccc3cc(C(Br)(c4cccs4)c4cccs4)ccc3c2)cc(OC#CC#CC#CC#CC#CC#CC#CC#CC#CC#CC#C)c1. The van der Waals surface area contributed by atoms with Gasteiger partial charge in [0.1, 0.15) is 40.4 Å². The van der Waals surface area contributed by atoms with Crippen molar-refractivity contribution in [2.45, 2.75) is 10.9 Å². The minimum absolute atomic E-state index is 0.163. The van der Waals surface area contributed by atoms with Crippen molar-refractivity contribution >= 4 is 49.4 Å². The summed E-state index contributed by atoms with van der Waals surface area (Å²) in [5.74, 6) is 101. The summed E-state index contributed by atoms with van der Waals surface area (Å²) < 4.78 is 17.2. The standard InChI is InChI=1S/C70H19BrO3S2/c1-3-5-7-9-11-13-15-17-19-21-23-25-27-29-31-33-35-37-39-41-51-72-66-55-61(56-67(59-66)73-52-42-40-38-36-34-32-30-28-26-24-22-20-18-16-14-12-10-8-6-4-2)60-74-65-50-48-62-57-64(49-47-63(62)58-65)70(71,68-45-43-53-75-68)69-46-44-54-76-69/h1-2,43-50,53-59H,60H2. The molecule has 0 aliphatic heterocycles. The first-order chi connectivity index (χ1) is 37.6. The van der Waals surface area contributed by atoms with Crippen molar-refractivity contribution in [2.75, 3.05) is 0 Å². The molecule has 0 amide bonds. The molecule has 76 heavy (non-hydrogen) atoms. The molecule has 0 radical (unpaired) electrons. The van der Waals surface area contributed by atoms with E-state index in [1.165, 1.54) is 9.75 Å². The Hall–Kier alpha value is -12.5. The van der Waals surface area contributed by atoms with Crippen LogP contribution >= 0.6 is 38.6 Å². The number of ether oxygens (including phenoxy) is 3. The van der Waals surface area contributed by atoms with Crippen LogP contribution in [0.4, 0.5) is 0 Å². The molecule has 0 saturated carbocycles. The van der Waals surface area contributed by atoms with Crippen LogP contribution in [0.3, 0.4) is 0 Å². The van der Waals surface area contributed by atoms with Crippen LogP contribution in [0.25, 0.3) is 10.8 Å². The third kappa shape index (κ3) is 20.6. The van der Waals surface area contributed by atoms with Gasteiger partial charge in [0, 0.05) is 158 Å². The predicted molar refractivity (Wildman–Crippen MR) is 307 cm³/mol. The van der Waals surface area contributed by atoms with Crippen molar-refractivity contribution in [3.63, 3.8) is 0 Å². The van der Waals surface area contributed by atoms with E-state index in [4.69, 9.17) is 27.1 Å². The van der Waals surface area contributed by atoms with E-state index in [9.17, 15) is 0 Å². The number of benzene rings is 3. The highest BCUT2D eigenvalue weighted by atomic mass is 79.9. The minimum Gasteiger partial charge on any atom is -0.489 e. The second-order valence-corrected chi connectivity index (χ2v) is 16.0. The van der Waals surface area contributed by atoms with Gasteiger partial charge in [-0.1, -0.05) is 46.3 Å². The Kier molecular flexibility index (Phi) is 24.3. The van der Waals surface area contributed by atoms with Gasteiger partial charge in [-0.05, 0) is 170 Å². The first-order valence-electron chi connectivity index (χ1n) is 20.9. The molecule has 336 valence electrons. The van der Waals surface area contributed by atoms with Gasteiger partial charge in [0.25, 0.3) is 0 Å². The van der Waals surface area contributed by atoms with Gasteiger partial charge in [-0.2, -0.15) is 0 Å². The molecule has 0 unspecified atom stereocenters. The van der Waals surface area contributed by atoms with E-state index >= 15 is 0 Å². The zero-order valence-corrected chi connectivity index (χ0v) is 42.2. The summed E-state index contributed by atoms with van der Waals surface area (Å²) in [7, 11) is 0. The smallest absolute Gasteiger partial charge is 0.144 e. The van der Waals surface area contributed by atoms with E-state index in [1.54, 1.807) is 40.9 Å². The molecule has 5 rings (SSSR count). The minimum atomic E-state index is -0.467. The Morgan fingerprint density at radius 1 is 0.368 bits per heavy atom. The number of fused-ring (bicyclic) bond motifs is 1. The highest BCUT2D eigenvalue weighted by molar-refractivity contribution is 9.10. The molecule has 5 aromatic rings. The molecular formula is C70H19BrO3S2. The second kappa shape index (κ2) is 33.9. The molecule has 0 atom stereocenters. The maximum Gasteiger partial charge on any atom is 0.144 e. The normalized spacial score (nSPS) is 7.30. The molecule has 2 heterocycles. The van der Waals surface area contributed by atoms with Crippen molar-refractivity contribution in [3.8, 4) is 279 Å². The average molecular weight is 1050 g/mol. The van der Waals surface area contributed by atoms with E-state index in [-0.39, 0.29) is 6.61 Å². The molecule has 0 saturated heterocycles. The molecule has 0 N–H and O–H groups in total. The molecule has 0 bridgehead atoms. The number of alkyl halides is 1. The van der Waals surface area contributed by atoms with Gasteiger partial charge < -0.3 is 14.2 Å². The number of terminal acetylenes is 2. The fourth-order valence-corrected chi connectivity index (χ4v) is 8.07. The fraction of sp³-hybridized carbons (Fsp3) is 0.0286. The van der Waals surface area contributed by atoms with E-state index in [0.717, 1.165) is 16.3 Å². The molecule has 6 heteroatoms. The van der Waals surface area contributed by atoms with Crippen LogP contribution in [0.2, 0.25) is 0 Å². The fourth-order valence-electron chi connectivity index (χ4n) is 5.24. The molecule has 0 aliphatic rings. The maximum absolute atomic E-state index is 6.27. The summed E-state index contributed by atoms with van der Waals surface area (Å²) >= 11 is 7.55.